The van der Waals surface area contributed by atoms with E-state index in [2.05, 4.69) is 5.32 Å². The van der Waals surface area contributed by atoms with Crippen molar-refractivity contribution in [3.63, 3.8) is 0 Å². The lowest BCUT2D eigenvalue weighted by Crippen LogP contribution is -2.57. The van der Waals surface area contributed by atoms with Gasteiger partial charge in [-0.15, -0.1) is 0 Å². The second-order valence-electron chi connectivity index (χ2n) is 9.37. The van der Waals surface area contributed by atoms with Gasteiger partial charge in [0.15, 0.2) is 0 Å². The molecule has 2 aromatic carbocycles. The maximum absolute atomic E-state index is 14.4. The van der Waals surface area contributed by atoms with Gasteiger partial charge in [0.1, 0.15) is 5.82 Å². The van der Waals surface area contributed by atoms with Crippen molar-refractivity contribution in [1.82, 2.24) is 9.88 Å². The Labute approximate surface area is 188 Å². The first-order valence-electron chi connectivity index (χ1n) is 10.9. The van der Waals surface area contributed by atoms with E-state index in [1.54, 1.807) is 29.0 Å². The molecular formula is C25H23F3N2O3. The molecular weight excluding hydrogens is 433 g/mol. The third kappa shape index (κ3) is 3.87. The van der Waals surface area contributed by atoms with Crippen LogP contribution in [0.3, 0.4) is 0 Å². The van der Waals surface area contributed by atoms with Gasteiger partial charge in [-0.1, -0.05) is 24.3 Å². The number of carboxylic acid groups (broad SMARTS) is 1. The Balaban J connectivity index is 1.33. The van der Waals surface area contributed by atoms with Crippen molar-refractivity contribution in [2.24, 2.45) is 11.3 Å². The van der Waals surface area contributed by atoms with E-state index in [1.165, 1.54) is 24.3 Å². The molecule has 2 fully saturated rings. The van der Waals surface area contributed by atoms with Crippen LogP contribution in [0.15, 0.2) is 48.7 Å². The number of amides is 1. The zero-order valence-electron chi connectivity index (χ0n) is 17.7. The van der Waals surface area contributed by atoms with Crippen molar-refractivity contribution < 1.29 is 27.9 Å². The number of benzene rings is 2. The number of alkyl halides is 2. The van der Waals surface area contributed by atoms with Crippen molar-refractivity contribution in [2.45, 2.75) is 44.7 Å². The van der Waals surface area contributed by atoms with Gasteiger partial charge in [-0.05, 0) is 54.9 Å². The lowest BCUT2D eigenvalue weighted by atomic mass is 9.50. The first kappa shape index (κ1) is 21.6. The molecule has 0 atom stereocenters. The standard InChI is InChI=1S/C25H23F3N2O3/c26-20-6-5-19(23(31)29-17-11-25(12-17)9-16(10-25)24(32)33)21-18(20)7-8-30(21)13-14-1-3-15(4-2-14)22(27)28/h1-8,16-17,22H,9-13H2,(H,29,31)(H,32,33). The fraction of sp³-hybridized carbons (Fsp3) is 0.360. The highest BCUT2D eigenvalue weighted by Crippen LogP contribution is 2.58. The van der Waals surface area contributed by atoms with Crippen LogP contribution in [0.5, 0.6) is 0 Å². The second-order valence-corrected chi connectivity index (χ2v) is 9.37. The molecule has 1 amide bonds. The van der Waals surface area contributed by atoms with Gasteiger partial charge in [0.05, 0.1) is 17.0 Å². The first-order chi connectivity index (χ1) is 15.7. The number of carboxylic acids is 1. The Kier molecular flexibility index (Phi) is 5.18. The number of fused-ring (bicyclic) bond motifs is 1. The van der Waals surface area contributed by atoms with Crippen LogP contribution >= 0.6 is 0 Å². The summed E-state index contributed by atoms with van der Waals surface area (Å²) in [6, 6.07) is 10.2. The minimum Gasteiger partial charge on any atom is -0.481 e. The molecule has 5 rings (SSSR count). The van der Waals surface area contributed by atoms with Crippen LogP contribution in [0.1, 0.15) is 53.6 Å². The number of aromatic nitrogens is 1. The molecule has 1 aromatic heterocycles. The average molecular weight is 456 g/mol. The Hall–Kier alpha value is -3.29. The van der Waals surface area contributed by atoms with Gasteiger partial charge >= 0.3 is 5.97 Å². The molecule has 33 heavy (non-hydrogen) atoms. The zero-order valence-corrected chi connectivity index (χ0v) is 17.7. The predicted molar refractivity (Wildman–Crippen MR) is 116 cm³/mol. The van der Waals surface area contributed by atoms with E-state index in [9.17, 15) is 22.8 Å². The van der Waals surface area contributed by atoms with Crippen molar-refractivity contribution in [1.29, 1.82) is 0 Å². The Morgan fingerprint density at radius 1 is 1.06 bits per heavy atom. The van der Waals surface area contributed by atoms with E-state index >= 15 is 0 Å². The maximum Gasteiger partial charge on any atom is 0.306 e. The monoisotopic (exact) mass is 456 g/mol. The molecule has 8 heteroatoms. The molecule has 1 spiro atoms. The third-order valence-electron chi connectivity index (χ3n) is 7.10. The molecule has 2 N–H and O–H groups in total. The van der Waals surface area contributed by atoms with Crippen LogP contribution in [0.25, 0.3) is 10.9 Å². The van der Waals surface area contributed by atoms with E-state index in [1.807, 2.05) is 0 Å². The third-order valence-corrected chi connectivity index (χ3v) is 7.10. The summed E-state index contributed by atoms with van der Waals surface area (Å²) in [6.07, 6.45) is 1.96. The summed E-state index contributed by atoms with van der Waals surface area (Å²) in [5, 5.41) is 12.4. The molecule has 2 aliphatic rings. The lowest BCUT2D eigenvalue weighted by molar-refractivity contribution is -0.155. The van der Waals surface area contributed by atoms with E-state index in [4.69, 9.17) is 5.11 Å². The van der Waals surface area contributed by atoms with Gasteiger partial charge < -0.3 is 15.0 Å². The number of nitrogens with zero attached hydrogens (tertiary/aromatic N) is 1. The van der Waals surface area contributed by atoms with Crippen molar-refractivity contribution in [3.8, 4) is 0 Å². The van der Waals surface area contributed by atoms with Crippen LogP contribution < -0.4 is 5.32 Å². The molecule has 0 unspecified atom stereocenters. The number of halogens is 3. The normalized spacial score (nSPS) is 24.0. The largest absolute Gasteiger partial charge is 0.481 e. The van der Waals surface area contributed by atoms with Crippen molar-refractivity contribution in [2.75, 3.05) is 0 Å². The summed E-state index contributed by atoms with van der Waals surface area (Å²) in [7, 11) is 0. The quantitative estimate of drug-likeness (QED) is 0.540. The molecule has 5 nitrogen and oxygen atoms in total. The van der Waals surface area contributed by atoms with E-state index in [0.29, 0.717) is 35.9 Å². The highest BCUT2D eigenvalue weighted by atomic mass is 19.3. The van der Waals surface area contributed by atoms with Crippen LogP contribution in [-0.4, -0.2) is 27.6 Å². The fourth-order valence-corrected chi connectivity index (χ4v) is 5.41. The first-order valence-corrected chi connectivity index (χ1v) is 10.9. The second kappa shape index (κ2) is 7.93. The summed E-state index contributed by atoms with van der Waals surface area (Å²) in [5.74, 6) is -1.78. The van der Waals surface area contributed by atoms with Crippen LogP contribution in [-0.2, 0) is 11.3 Å². The summed E-state index contributed by atoms with van der Waals surface area (Å²) in [6.45, 7) is 0.305. The van der Waals surface area contributed by atoms with Gasteiger partial charge in [0.2, 0.25) is 0 Å². The molecule has 172 valence electrons. The zero-order chi connectivity index (χ0) is 23.3. The molecule has 2 aliphatic carbocycles. The highest BCUT2D eigenvalue weighted by Gasteiger charge is 2.55. The Bertz CT molecular complexity index is 1220. The van der Waals surface area contributed by atoms with Gasteiger partial charge in [-0.25, -0.2) is 13.2 Å². The fourth-order valence-electron chi connectivity index (χ4n) is 5.41. The molecule has 1 heterocycles. The number of aliphatic carboxylic acids is 1. The number of nitrogens with one attached hydrogen (secondary N) is 1. The van der Waals surface area contributed by atoms with Crippen LogP contribution in [0.2, 0.25) is 0 Å². The molecule has 0 aliphatic heterocycles. The summed E-state index contributed by atoms with van der Waals surface area (Å²) < 4.78 is 41.8. The highest BCUT2D eigenvalue weighted by molar-refractivity contribution is 6.06. The Morgan fingerprint density at radius 3 is 2.39 bits per heavy atom. The van der Waals surface area contributed by atoms with E-state index in [0.717, 1.165) is 18.4 Å². The summed E-state index contributed by atoms with van der Waals surface area (Å²) >= 11 is 0. The van der Waals surface area contributed by atoms with Gasteiger partial charge in [-0.3, -0.25) is 9.59 Å². The van der Waals surface area contributed by atoms with Crippen LogP contribution in [0.4, 0.5) is 13.2 Å². The SMILES string of the molecule is O=C(NC1CC2(C1)CC(C(=O)O)C2)c1ccc(F)c2ccn(Cc3ccc(C(F)F)cc3)c12. The van der Waals surface area contributed by atoms with Crippen LogP contribution in [0, 0.1) is 17.2 Å². The number of hydrogen-bond acceptors (Lipinski definition) is 2. The minimum atomic E-state index is -2.54. The minimum absolute atomic E-state index is 0.0300. The van der Waals surface area contributed by atoms with E-state index in [-0.39, 0.29) is 28.8 Å². The number of rotatable bonds is 6. The molecule has 0 saturated heterocycles. The van der Waals surface area contributed by atoms with Crippen molar-refractivity contribution >= 4 is 22.8 Å². The number of carbonyl (C=O) groups is 2. The number of hydrogen-bond donors (Lipinski definition) is 2. The molecule has 0 radical (unpaired) electrons. The smallest absolute Gasteiger partial charge is 0.306 e. The van der Waals surface area contributed by atoms with Crippen molar-refractivity contribution in [3.05, 3.63) is 71.2 Å². The summed E-state index contributed by atoms with van der Waals surface area (Å²) in [4.78, 5) is 24.1. The van der Waals surface area contributed by atoms with Gasteiger partial charge in [0.25, 0.3) is 12.3 Å². The molecule has 2 saturated carbocycles. The molecule has 3 aromatic rings. The van der Waals surface area contributed by atoms with Gasteiger partial charge in [-0.2, -0.15) is 0 Å². The Morgan fingerprint density at radius 2 is 1.76 bits per heavy atom. The van der Waals surface area contributed by atoms with Gasteiger partial charge in [0, 0.05) is 29.7 Å². The topological polar surface area (TPSA) is 71.3 Å². The average Bonchev–Trinajstić information content (AvgIpc) is 3.13. The van der Waals surface area contributed by atoms with E-state index < -0.39 is 18.2 Å². The predicted octanol–water partition coefficient (Wildman–Crippen LogP) is 5.14. The maximum atomic E-state index is 14.4. The lowest BCUT2D eigenvalue weighted by Gasteiger charge is -2.56. The molecule has 0 bridgehead atoms. The summed E-state index contributed by atoms with van der Waals surface area (Å²) in [5.41, 5.74) is 1.52. The number of carbonyl (C=O) groups excluding carboxylic acids is 1.